The number of nitrogens with zero attached hydrogens (tertiary/aromatic N) is 3. The van der Waals surface area contributed by atoms with E-state index >= 15 is 0 Å². The fraction of sp³-hybridized carbons (Fsp3) is 0.824. The van der Waals surface area contributed by atoms with E-state index in [1.165, 1.54) is 0 Å². The number of carbonyl (C=O) groups excluding carboxylic acids is 2. The first kappa shape index (κ1) is 20.8. The molecule has 2 fully saturated rings. The Morgan fingerprint density at radius 2 is 2.12 bits per heavy atom. The van der Waals surface area contributed by atoms with Crippen molar-refractivity contribution < 1.29 is 19.1 Å². The molecule has 8 nitrogen and oxygen atoms in total. The number of morpholine rings is 1. The first-order chi connectivity index (χ1) is 12.5. The molecule has 2 unspecified atom stereocenters. The van der Waals surface area contributed by atoms with Crippen molar-refractivity contribution in [1.82, 2.24) is 15.1 Å². The van der Waals surface area contributed by atoms with Gasteiger partial charge in [0, 0.05) is 32.6 Å². The molecule has 2 amide bonds. The van der Waals surface area contributed by atoms with E-state index in [0.717, 1.165) is 13.1 Å². The Hall–Kier alpha value is -1.50. The lowest BCUT2D eigenvalue weighted by Crippen LogP contribution is -2.54. The summed E-state index contributed by atoms with van der Waals surface area (Å²) in [6.45, 7) is 6.00. The van der Waals surface area contributed by atoms with Crippen LogP contribution in [0.4, 0.5) is 4.79 Å². The third-order valence-corrected chi connectivity index (χ3v) is 5.40. The summed E-state index contributed by atoms with van der Waals surface area (Å²) < 4.78 is 10.7. The molecule has 0 bridgehead atoms. The summed E-state index contributed by atoms with van der Waals surface area (Å²) >= 11 is 1.58. The molecular weight excluding hydrogens is 356 g/mol. The van der Waals surface area contributed by atoms with Crippen molar-refractivity contribution in [2.24, 2.45) is 0 Å². The van der Waals surface area contributed by atoms with Crippen LogP contribution in [0.25, 0.3) is 0 Å². The molecule has 1 N–H and O–H groups in total. The van der Waals surface area contributed by atoms with Gasteiger partial charge in [-0.15, -0.1) is 0 Å². The van der Waals surface area contributed by atoms with Gasteiger partial charge in [0.05, 0.1) is 19.3 Å². The molecule has 146 valence electrons. The van der Waals surface area contributed by atoms with E-state index in [-0.39, 0.29) is 5.91 Å². The Morgan fingerprint density at radius 1 is 1.38 bits per heavy atom. The zero-order valence-electron chi connectivity index (χ0n) is 15.5. The second-order valence-electron chi connectivity index (χ2n) is 6.56. The average molecular weight is 385 g/mol. The van der Waals surface area contributed by atoms with Gasteiger partial charge in [-0.2, -0.15) is 17.0 Å². The number of thioether (sulfide) groups is 1. The predicted octanol–water partition coefficient (Wildman–Crippen LogP) is 0.681. The van der Waals surface area contributed by atoms with Crippen LogP contribution in [0.5, 0.6) is 0 Å². The predicted molar refractivity (Wildman–Crippen MR) is 98.9 cm³/mol. The second-order valence-corrected chi connectivity index (χ2v) is 7.54. The summed E-state index contributed by atoms with van der Waals surface area (Å²) in [4.78, 5) is 28.8. The maximum absolute atomic E-state index is 12.8. The fourth-order valence-electron chi connectivity index (χ4n) is 3.11. The third-order valence-electron chi connectivity index (χ3n) is 4.76. The van der Waals surface area contributed by atoms with Crippen LogP contribution < -0.4 is 5.32 Å². The summed E-state index contributed by atoms with van der Waals surface area (Å²) in [7, 11) is 0. The topological polar surface area (TPSA) is 94.9 Å². The molecule has 0 aromatic heterocycles. The summed E-state index contributed by atoms with van der Waals surface area (Å²) in [5.41, 5.74) is -0.907. The fourth-order valence-corrected chi connectivity index (χ4v) is 3.56. The van der Waals surface area contributed by atoms with E-state index in [9.17, 15) is 14.9 Å². The van der Waals surface area contributed by atoms with Crippen LogP contribution in [-0.4, -0.2) is 91.4 Å². The molecule has 2 aliphatic rings. The number of hydrogen-bond donors (Lipinski definition) is 1. The highest BCUT2D eigenvalue weighted by Gasteiger charge is 2.41. The number of hydrogen-bond acceptors (Lipinski definition) is 7. The SMILES string of the molecule is CCN1CCC(C#N)(NC(=O)C(CCSC)OC(=O)N2CCOCC2)C1. The molecule has 0 spiro atoms. The van der Waals surface area contributed by atoms with Crippen molar-refractivity contribution >= 4 is 23.8 Å². The number of amides is 2. The molecule has 2 heterocycles. The van der Waals surface area contributed by atoms with E-state index < -0.39 is 17.7 Å². The van der Waals surface area contributed by atoms with Crippen molar-refractivity contribution in [1.29, 1.82) is 5.26 Å². The summed E-state index contributed by atoms with van der Waals surface area (Å²) in [6, 6.07) is 2.25. The smallest absolute Gasteiger partial charge is 0.410 e. The van der Waals surface area contributed by atoms with E-state index in [1.54, 1.807) is 16.7 Å². The third kappa shape index (κ3) is 5.50. The molecule has 0 aliphatic carbocycles. The van der Waals surface area contributed by atoms with Crippen LogP contribution in [0.3, 0.4) is 0 Å². The molecule has 26 heavy (non-hydrogen) atoms. The average Bonchev–Trinajstić information content (AvgIpc) is 3.09. The second kappa shape index (κ2) is 10.00. The Morgan fingerprint density at radius 3 is 2.69 bits per heavy atom. The lowest BCUT2D eigenvalue weighted by Gasteiger charge is -2.29. The maximum atomic E-state index is 12.8. The van der Waals surface area contributed by atoms with Gasteiger partial charge >= 0.3 is 6.09 Å². The number of nitrogens with one attached hydrogen (secondary N) is 1. The van der Waals surface area contributed by atoms with E-state index in [1.807, 2.05) is 13.2 Å². The highest BCUT2D eigenvalue weighted by atomic mass is 32.2. The quantitative estimate of drug-likeness (QED) is 0.690. The first-order valence-corrected chi connectivity index (χ1v) is 10.4. The number of rotatable bonds is 7. The van der Waals surface area contributed by atoms with Crippen molar-refractivity contribution in [2.45, 2.75) is 31.4 Å². The normalized spacial score (nSPS) is 24.7. The molecular formula is C17H28N4O4S. The number of likely N-dealkylation sites (tertiary alicyclic amines) is 1. The van der Waals surface area contributed by atoms with Crippen LogP contribution in [0.15, 0.2) is 0 Å². The summed E-state index contributed by atoms with van der Waals surface area (Å²) in [5.74, 6) is 0.301. The summed E-state index contributed by atoms with van der Waals surface area (Å²) in [5, 5.41) is 12.4. The van der Waals surface area contributed by atoms with Gasteiger partial charge in [-0.1, -0.05) is 6.92 Å². The first-order valence-electron chi connectivity index (χ1n) is 9.01. The Kier molecular flexibility index (Phi) is 8.00. The molecule has 2 rings (SSSR count). The molecule has 2 aliphatic heterocycles. The standard InChI is InChI=1S/C17H28N4O4S/c1-3-20-6-5-17(12-18,13-20)19-15(22)14(4-11-26-2)25-16(23)21-7-9-24-10-8-21/h14H,3-11,13H2,1-2H3,(H,19,22). The van der Waals surface area contributed by atoms with Crippen molar-refractivity contribution in [3.63, 3.8) is 0 Å². The van der Waals surface area contributed by atoms with Gasteiger partial charge in [-0.3, -0.25) is 4.79 Å². The van der Waals surface area contributed by atoms with Gasteiger partial charge in [0.2, 0.25) is 0 Å². The van der Waals surface area contributed by atoms with Gasteiger partial charge < -0.3 is 24.6 Å². The lowest BCUT2D eigenvalue weighted by molar-refractivity contribution is -0.131. The van der Waals surface area contributed by atoms with Crippen LogP contribution in [0.1, 0.15) is 19.8 Å². The van der Waals surface area contributed by atoms with Gasteiger partial charge in [0.1, 0.15) is 5.54 Å². The Labute approximate surface area is 159 Å². The molecule has 0 aromatic carbocycles. The monoisotopic (exact) mass is 384 g/mol. The Balaban J connectivity index is 1.99. The number of likely N-dealkylation sites (N-methyl/N-ethyl adjacent to an activating group) is 1. The van der Waals surface area contributed by atoms with Gasteiger partial charge in [-0.05, 0) is 25.0 Å². The van der Waals surface area contributed by atoms with Crippen LogP contribution in [0.2, 0.25) is 0 Å². The van der Waals surface area contributed by atoms with Gasteiger partial charge in [0.15, 0.2) is 6.10 Å². The largest absolute Gasteiger partial charge is 0.436 e. The highest BCUT2D eigenvalue weighted by Crippen LogP contribution is 2.21. The minimum Gasteiger partial charge on any atom is -0.436 e. The number of ether oxygens (including phenoxy) is 2. The molecule has 9 heteroatoms. The Bertz CT molecular complexity index is 535. The minimum atomic E-state index is -0.907. The summed E-state index contributed by atoms with van der Waals surface area (Å²) in [6.07, 6.45) is 1.55. The van der Waals surface area contributed by atoms with Crippen LogP contribution in [0, 0.1) is 11.3 Å². The lowest BCUT2D eigenvalue weighted by atomic mass is 10.00. The highest BCUT2D eigenvalue weighted by molar-refractivity contribution is 7.98. The van der Waals surface area contributed by atoms with Crippen LogP contribution >= 0.6 is 11.8 Å². The van der Waals surface area contributed by atoms with Gasteiger partial charge in [-0.25, -0.2) is 4.79 Å². The van der Waals surface area contributed by atoms with E-state index in [2.05, 4.69) is 16.3 Å². The van der Waals surface area contributed by atoms with Crippen molar-refractivity contribution in [3.8, 4) is 6.07 Å². The number of carbonyl (C=O) groups is 2. The van der Waals surface area contributed by atoms with Crippen LogP contribution in [-0.2, 0) is 14.3 Å². The molecule has 0 radical (unpaired) electrons. The molecule has 0 aromatic rings. The molecule has 0 saturated carbocycles. The zero-order valence-corrected chi connectivity index (χ0v) is 16.3. The van der Waals surface area contributed by atoms with E-state index in [0.29, 0.717) is 51.4 Å². The van der Waals surface area contributed by atoms with Crippen molar-refractivity contribution in [2.75, 3.05) is 57.9 Å². The van der Waals surface area contributed by atoms with Crippen molar-refractivity contribution in [3.05, 3.63) is 0 Å². The molecule has 2 atom stereocenters. The van der Waals surface area contributed by atoms with Gasteiger partial charge in [0.25, 0.3) is 5.91 Å². The van der Waals surface area contributed by atoms with E-state index in [4.69, 9.17) is 9.47 Å². The minimum absolute atomic E-state index is 0.389. The molecule has 2 saturated heterocycles. The maximum Gasteiger partial charge on any atom is 0.410 e. The number of nitriles is 1. The zero-order chi connectivity index (χ0) is 19.0.